The zero-order valence-electron chi connectivity index (χ0n) is 9.95. The van der Waals surface area contributed by atoms with E-state index < -0.39 is 0 Å². The number of aromatic nitrogens is 2. The van der Waals surface area contributed by atoms with Crippen LogP contribution < -0.4 is 10.6 Å². The second-order valence-corrected chi connectivity index (χ2v) is 5.06. The third-order valence-electron chi connectivity index (χ3n) is 3.10. The average molecular weight is 256 g/mol. The molecule has 0 radical (unpaired) electrons. The van der Waals surface area contributed by atoms with Crippen LogP contribution in [-0.4, -0.2) is 42.4 Å². The molecule has 1 aliphatic carbocycles. The van der Waals surface area contributed by atoms with Gasteiger partial charge < -0.3 is 15.4 Å². The van der Waals surface area contributed by atoms with E-state index in [0.29, 0.717) is 16.7 Å². The van der Waals surface area contributed by atoms with Gasteiger partial charge in [-0.05, 0) is 19.3 Å². The Labute approximate surface area is 104 Å². The van der Waals surface area contributed by atoms with Crippen LogP contribution in [0.1, 0.15) is 29.1 Å². The van der Waals surface area contributed by atoms with Crippen LogP contribution in [0, 0.1) is 0 Å². The van der Waals surface area contributed by atoms with Crippen molar-refractivity contribution in [1.82, 2.24) is 15.5 Å². The highest BCUT2D eigenvalue weighted by Gasteiger charge is 2.37. The zero-order valence-corrected chi connectivity index (χ0v) is 10.8. The van der Waals surface area contributed by atoms with Gasteiger partial charge in [-0.1, -0.05) is 11.3 Å². The lowest BCUT2D eigenvalue weighted by Gasteiger charge is -2.40. The summed E-state index contributed by atoms with van der Waals surface area (Å²) in [6.45, 7) is 0.538. The van der Waals surface area contributed by atoms with Crippen molar-refractivity contribution < 1.29 is 9.53 Å². The molecule has 1 aromatic heterocycles. The van der Waals surface area contributed by atoms with Gasteiger partial charge in [0.25, 0.3) is 5.91 Å². The normalized spacial score (nSPS) is 17.3. The lowest BCUT2D eigenvalue weighted by Crippen LogP contribution is -2.49. The Kier molecular flexibility index (Phi) is 3.58. The fourth-order valence-corrected chi connectivity index (χ4v) is 2.37. The third kappa shape index (κ3) is 2.55. The first-order chi connectivity index (χ1) is 8.19. The van der Waals surface area contributed by atoms with E-state index >= 15 is 0 Å². The maximum absolute atomic E-state index is 11.8. The Hall–Kier alpha value is -1.21. The fraction of sp³-hybridized carbons (Fsp3) is 0.700. The highest BCUT2D eigenvalue weighted by molar-refractivity contribution is 7.17. The number of anilines is 1. The molecule has 1 fully saturated rings. The number of rotatable bonds is 5. The summed E-state index contributed by atoms with van der Waals surface area (Å²) in [6.07, 6.45) is 3.16. The van der Waals surface area contributed by atoms with Gasteiger partial charge in [-0.15, -0.1) is 10.2 Å². The summed E-state index contributed by atoms with van der Waals surface area (Å²) < 4.78 is 5.43. The van der Waals surface area contributed by atoms with E-state index in [4.69, 9.17) is 4.74 Å². The Bertz CT molecular complexity index is 397. The van der Waals surface area contributed by atoms with E-state index in [1.54, 1.807) is 14.2 Å². The molecule has 0 aliphatic heterocycles. The standard InChI is InChI=1S/C10H16N4O2S/c1-11-9-14-13-8(17-9)7(15)12-6-10(16-2)4-3-5-10/h3-6H2,1-2H3,(H,11,14)(H,12,15). The first kappa shape index (κ1) is 12.3. The van der Waals surface area contributed by atoms with Gasteiger partial charge in [0.15, 0.2) is 0 Å². The summed E-state index contributed by atoms with van der Waals surface area (Å²) >= 11 is 1.24. The second kappa shape index (κ2) is 4.97. The number of methoxy groups -OCH3 is 1. The highest BCUT2D eigenvalue weighted by Crippen LogP contribution is 2.34. The van der Waals surface area contributed by atoms with Crippen molar-refractivity contribution in [3.8, 4) is 0 Å². The molecule has 1 heterocycles. The molecule has 0 aromatic carbocycles. The quantitative estimate of drug-likeness (QED) is 0.818. The number of nitrogens with one attached hydrogen (secondary N) is 2. The number of hydrogen-bond donors (Lipinski definition) is 2. The van der Waals surface area contributed by atoms with Gasteiger partial charge in [0.05, 0.1) is 5.60 Å². The summed E-state index contributed by atoms with van der Waals surface area (Å²) in [5.74, 6) is -0.188. The number of ether oxygens (including phenoxy) is 1. The minimum atomic E-state index is -0.188. The second-order valence-electron chi connectivity index (χ2n) is 4.09. The highest BCUT2D eigenvalue weighted by atomic mass is 32.1. The van der Waals surface area contributed by atoms with E-state index in [9.17, 15) is 4.79 Å². The van der Waals surface area contributed by atoms with Crippen LogP contribution in [0.25, 0.3) is 0 Å². The SMILES string of the molecule is CNc1nnc(C(=O)NCC2(OC)CCC2)s1. The van der Waals surface area contributed by atoms with E-state index in [-0.39, 0.29) is 11.5 Å². The lowest BCUT2D eigenvalue weighted by atomic mass is 9.80. The van der Waals surface area contributed by atoms with Crippen LogP contribution in [0.5, 0.6) is 0 Å². The number of amides is 1. The first-order valence-corrected chi connectivity index (χ1v) is 6.35. The molecule has 7 heteroatoms. The smallest absolute Gasteiger partial charge is 0.282 e. The zero-order chi connectivity index (χ0) is 12.3. The summed E-state index contributed by atoms with van der Waals surface area (Å²) in [4.78, 5) is 11.8. The van der Waals surface area contributed by atoms with Crippen LogP contribution in [0.4, 0.5) is 5.13 Å². The molecule has 1 aromatic rings. The molecule has 1 aliphatic rings. The van der Waals surface area contributed by atoms with E-state index in [2.05, 4.69) is 20.8 Å². The predicted molar refractivity (Wildman–Crippen MR) is 65.4 cm³/mol. The number of nitrogens with zero attached hydrogens (tertiary/aromatic N) is 2. The minimum Gasteiger partial charge on any atom is -0.376 e. The van der Waals surface area contributed by atoms with Crippen molar-refractivity contribution in [1.29, 1.82) is 0 Å². The summed E-state index contributed by atoms with van der Waals surface area (Å²) in [7, 11) is 3.44. The van der Waals surface area contributed by atoms with Gasteiger partial charge in [-0.25, -0.2) is 0 Å². The fourth-order valence-electron chi connectivity index (χ4n) is 1.76. The molecule has 0 spiro atoms. The van der Waals surface area contributed by atoms with Crippen molar-refractivity contribution in [2.75, 3.05) is 26.0 Å². The van der Waals surface area contributed by atoms with Gasteiger partial charge in [0.2, 0.25) is 10.1 Å². The van der Waals surface area contributed by atoms with Crippen molar-refractivity contribution in [3.05, 3.63) is 5.01 Å². The first-order valence-electron chi connectivity index (χ1n) is 5.54. The van der Waals surface area contributed by atoms with Crippen LogP contribution in [0.2, 0.25) is 0 Å². The van der Waals surface area contributed by atoms with Crippen molar-refractivity contribution >= 4 is 22.4 Å². The number of carbonyl (C=O) groups is 1. The van der Waals surface area contributed by atoms with Crippen molar-refractivity contribution in [2.24, 2.45) is 0 Å². The van der Waals surface area contributed by atoms with Crippen molar-refractivity contribution in [2.45, 2.75) is 24.9 Å². The molecule has 0 bridgehead atoms. The third-order valence-corrected chi connectivity index (χ3v) is 4.04. The molecule has 0 atom stereocenters. The van der Waals surface area contributed by atoms with Crippen LogP contribution in [0.3, 0.4) is 0 Å². The molecule has 1 amide bonds. The summed E-state index contributed by atoms with van der Waals surface area (Å²) in [5, 5.41) is 14.3. The molecule has 17 heavy (non-hydrogen) atoms. The van der Waals surface area contributed by atoms with E-state index in [1.165, 1.54) is 11.3 Å². The molecule has 1 saturated carbocycles. The number of hydrogen-bond acceptors (Lipinski definition) is 6. The summed E-state index contributed by atoms with van der Waals surface area (Å²) in [5.41, 5.74) is -0.161. The molecule has 94 valence electrons. The van der Waals surface area contributed by atoms with Gasteiger partial charge in [0, 0.05) is 20.7 Å². The van der Waals surface area contributed by atoms with Gasteiger partial charge in [-0.2, -0.15) is 0 Å². The maximum atomic E-state index is 11.8. The summed E-state index contributed by atoms with van der Waals surface area (Å²) in [6, 6.07) is 0. The molecule has 6 nitrogen and oxygen atoms in total. The minimum absolute atomic E-state index is 0.161. The number of carbonyl (C=O) groups excluding carboxylic acids is 1. The molecule has 0 unspecified atom stereocenters. The van der Waals surface area contributed by atoms with Crippen molar-refractivity contribution in [3.63, 3.8) is 0 Å². The lowest BCUT2D eigenvalue weighted by molar-refractivity contribution is -0.0679. The predicted octanol–water partition coefficient (Wildman–Crippen LogP) is 0.879. The van der Waals surface area contributed by atoms with Crippen LogP contribution in [-0.2, 0) is 4.74 Å². The molecular weight excluding hydrogens is 240 g/mol. The Balaban J connectivity index is 1.88. The molecule has 2 N–H and O–H groups in total. The Morgan fingerprint density at radius 1 is 1.53 bits per heavy atom. The van der Waals surface area contributed by atoms with Crippen LogP contribution in [0.15, 0.2) is 0 Å². The van der Waals surface area contributed by atoms with Crippen LogP contribution >= 0.6 is 11.3 Å². The van der Waals surface area contributed by atoms with Gasteiger partial charge in [-0.3, -0.25) is 4.79 Å². The van der Waals surface area contributed by atoms with Gasteiger partial charge in [0.1, 0.15) is 0 Å². The largest absolute Gasteiger partial charge is 0.376 e. The van der Waals surface area contributed by atoms with E-state index in [1.807, 2.05) is 0 Å². The monoisotopic (exact) mass is 256 g/mol. The molecule has 0 saturated heterocycles. The Morgan fingerprint density at radius 3 is 2.76 bits per heavy atom. The topological polar surface area (TPSA) is 76.1 Å². The Morgan fingerprint density at radius 2 is 2.29 bits per heavy atom. The van der Waals surface area contributed by atoms with E-state index in [0.717, 1.165) is 19.3 Å². The maximum Gasteiger partial charge on any atom is 0.282 e. The average Bonchev–Trinajstić information content (AvgIpc) is 2.76. The molecular formula is C10H16N4O2S. The van der Waals surface area contributed by atoms with Gasteiger partial charge >= 0.3 is 0 Å². The molecule has 2 rings (SSSR count).